The number of amides is 1. The molecule has 1 aliphatic heterocycles. The third-order valence-electron chi connectivity index (χ3n) is 4.09. The van der Waals surface area contributed by atoms with Crippen molar-refractivity contribution in [2.45, 2.75) is 26.4 Å². The minimum Gasteiger partial charge on any atom is -0.444 e. The van der Waals surface area contributed by atoms with E-state index in [0.29, 0.717) is 0 Å². The first kappa shape index (κ1) is 22.8. The maximum absolute atomic E-state index is 13.2. The van der Waals surface area contributed by atoms with Gasteiger partial charge in [-0.3, -0.25) is 14.5 Å². The summed E-state index contributed by atoms with van der Waals surface area (Å²) in [5.41, 5.74) is -1.06. The molecule has 9 nitrogen and oxygen atoms in total. The van der Waals surface area contributed by atoms with E-state index in [1.54, 1.807) is 20.8 Å². The molecule has 1 fully saturated rings. The molecule has 0 atom stereocenters. The number of nitrogens with zero attached hydrogens (tertiary/aromatic N) is 3. The van der Waals surface area contributed by atoms with Crippen LogP contribution in [0.15, 0.2) is 48.1 Å². The van der Waals surface area contributed by atoms with E-state index in [9.17, 15) is 23.2 Å². The first-order chi connectivity index (χ1) is 15.0. The minimum absolute atomic E-state index is 0.0814. The van der Waals surface area contributed by atoms with Gasteiger partial charge in [0.25, 0.3) is 0 Å². The lowest BCUT2D eigenvalue weighted by Gasteiger charge is -2.30. The van der Waals surface area contributed by atoms with Crippen LogP contribution in [0, 0.1) is 11.6 Å². The molecular formula is C21H21F2N5O4. The Bertz CT molecular complexity index is 994. The molecule has 0 unspecified atom stereocenters. The molecule has 0 bridgehead atoms. The van der Waals surface area contributed by atoms with Gasteiger partial charge in [0, 0.05) is 0 Å². The van der Waals surface area contributed by atoms with Gasteiger partial charge in [-0.1, -0.05) is 0 Å². The number of hydrogen-bond acceptors (Lipinski definition) is 8. The van der Waals surface area contributed by atoms with Crippen LogP contribution < -0.4 is 10.6 Å². The second kappa shape index (κ2) is 9.08. The van der Waals surface area contributed by atoms with Gasteiger partial charge in [0.2, 0.25) is 0 Å². The van der Waals surface area contributed by atoms with E-state index in [1.807, 2.05) is 0 Å². The van der Waals surface area contributed by atoms with E-state index in [1.165, 1.54) is 12.1 Å². The number of nitrogens with one attached hydrogen (secondary N) is 2. The molecule has 0 radical (unpaired) electrons. The molecule has 2 aromatic heterocycles. The van der Waals surface area contributed by atoms with Gasteiger partial charge in [0.05, 0.1) is 25.5 Å². The normalized spacial score (nSPS) is 14.3. The SMILES string of the molecule is CC(C)(C)OC(=O)N1CC(=O)C(=C(Nc2ccc(F)cn2)Nc2ccc(F)cn2)C(=O)C1. The molecule has 1 aliphatic rings. The highest BCUT2D eigenvalue weighted by Crippen LogP contribution is 2.20. The van der Waals surface area contributed by atoms with E-state index in [0.717, 1.165) is 29.4 Å². The van der Waals surface area contributed by atoms with Crippen molar-refractivity contribution in [3.05, 3.63) is 59.7 Å². The highest BCUT2D eigenvalue weighted by molar-refractivity contribution is 6.25. The number of halogens is 2. The summed E-state index contributed by atoms with van der Waals surface area (Å²) in [4.78, 5) is 46.7. The number of hydrogen-bond donors (Lipinski definition) is 2. The Morgan fingerprint density at radius 3 is 1.78 bits per heavy atom. The van der Waals surface area contributed by atoms with E-state index < -0.39 is 48.0 Å². The van der Waals surface area contributed by atoms with Crippen LogP contribution in [0.1, 0.15) is 20.8 Å². The van der Waals surface area contributed by atoms with E-state index in [4.69, 9.17) is 4.74 Å². The second-order valence-corrected chi connectivity index (χ2v) is 7.91. The van der Waals surface area contributed by atoms with Crippen molar-refractivity contribution in [2.24, 2.45) is 0 Å². The summed E-state index contributed by atoms with van der Waals surface area (Å²) in [5, 5.41) is 5.53. The molecule has 2 N–H and O–H groups in total. The van der Waals surface area contributed by atoms with E-state index in [-0.39, 0.29) is 23.0 Å². The zero-order chi connectivity index (χ0) is 23.5. The summed E-state index contributed by atoms with van der Waals surface area (Å²) in [6.07, 6.45) is 1.12. The van der Waals surface area contributed by atoms with E-state index in [2.05, 4.69) is 20.6 Å². The summed E-state index contributed by atoms with van der Waals surface area (Å²) in [7, 11) is 0. The van der Waals surface area contributed by atoms with Crippen LogP contribution in [0.25, 0.3) is 0 Å². The standard InChI is InChI=1S/C21H21F2N5O4/c1-21(2,3)32-20(31)28-10-14(29)18(15(30)11-28)19(26-16-6-4-12(22)8-24-16)27-17-7-5-13(23)9-25-17/h4-9H,10-11H2,1-3H3,(H,24,26)(H,25,27). The number of carbonyl (C=O) groups excluding carboxylic acids is 3. The summed E-state index contributed by atoms with van der Waals surface area (Å²) in [5.74, 6) is -2.27. The zero-order valence-electron chi connectivity index (χ0n) is 17.6. The summed E-state index contributed by atoms with van der Waals surface area (Å²) in [6, 6.07) is 4.89. The number of ether oxygens (including phenoxy) is 1. The fourth-order valence-electron chi connectivity index (χ4n) is 2.76. The lowest BCUT2D eigenvalue weighted by molar-refractivity contribution is -0.126. The largest absolute Gasteiger partial charge is 0.444 e. The monoisotopic (exact) mass is 445 g/mol. The first-order valence-electron chi connectivity index (χ1n) is 9.57. The fraction of sp³-hybridized carbons (Fsp3) is 0.286. The molecule has 32 heavy (non-hydrogen) atoms. The smallest absolute Gasteiger partial charge is 0.411 e. The first-order valence-corrected chi connectivity index (χ1v) is 9.57. The van der Waals surface area contributed by atoms with Gasteiger partial charge in [0.1, 0.15) is 40.3 Å². The fourth-order valence-corrected chi connectivity index (χ4v) is 2.76. The molecule has 0 saturated carbocycles. The Balaban J connectivity index is 1.92. The van der Waals surface area contributed by atoms with Crippen LogP contribution >= 0.6 is 0 Å². The van der Waals surface area contributed by atoms with E-state index >= 15 is 0 Å². The van der Waals surface area contributed by atoms with Crippen molar-refractivity contribution in [3.8, 4) is 0 Å². The molecule has 2 aromatic rings. The molecule has 0 aliphatic carbocycles. The number of likely N-dealkylation sites (tertiary alicyclic amines) is 1. The number of piperidine rings is 1. The van der Waals surface area contributed by atoms with Crippen LogP contribution in [0.5, 0.6) is 0 Å². The van der Waals surface area contributed by atoms with Crippen molar-refractivity contribution < 1.29 is 27.9 Å². The van der Waals surface area contributed by atoms with Gasteiger partial charge in [-0.05, 0) is 45.0 Å². The van der Waals surface area contributed by atoms with Gasteiger partial charge < -0.3 is 15.4 Å². The highest BCUT2D eigenvalue weighted by Gasteiger charge is 2.36. The van der Waals surface area contributed by atoms with Gasteiger partial charge in [0.15, 0.2) is 11.6 Å². The number of aromatic nitrogens is 2. The summed E-state index contributed by atoms with van der Waals surface area (Å²) >= 11 is 0. The van der Waals surface area contributed by atoms with Gasteiger partial charge in [-0.25, -0.2) is 23.5 Å². The molecule has 0 spiro atoms. The molecule has 0 aromatic carbocycles. The molecule has 3 rings (SSSR count). The number of ketones is 2. The Morgan fingerprint density at radius 2 is 1.41 bits per heavy atom. The maximum Gasteiger partial charge on any atom is 0.411 e. The Kier molecular flexibility index (Phi) is 6.47. The van der Waals surface area contributed by atoms with Crippen LogP contribution in [0.4, 0.5) is 25.2 Å². The zero-order valence-corrected chi connectivity index (χ0v) is 17.6. The Labute approximate surface area is 182 Å². The average Bonchev–Trinajstić information content (AvgIpc) is 2.69. The Hall–Kier alpha value is -3.89. The predicted octanol–water partition coefficient (Wildman–Crippen LogP) is 2.88. The van der Waals surface area contributed by atoms with Crippen molar-refractivity contribution in [1.29, 1.82) is 0 Å². The molecule has 168 valence electrons. The molecular weight excluding hydrogens is 424 g/mol. The molecule has 1 saturated heterocycles. The third kappa shape index (κ3) is 5.84. The van der Waals surface area contributed by atoms with Crippen LogP contribution in [-0.2, 0) is 14.3 Å². The predicted molar refractivity (Wildman–Crippen MR) is 110 cm³/mol. The number of rotatable bonds is 4. The number of anilines is 2. The number of Topliss-reactive ketones (excluding diaryl/α,β-unsaturated/α-hetero) is 2. The Morgan fingerprint density at radius 1 is 0.938 bits per heavy atom. The summed E-state index contributed by atoms with van der Waals surface area (Å²) < 4.78 is 31.6. The lowest BCUT2D eigenvalue weighted by atomic mass is 10.0. The number of pyridine rings is 2. The van der Waals surface area contributed by atoms with Crippen molar-refractivity contribution >= 4 is 29.3 Å². The third-order valence-corrected chi connectivity index (χ3v) is 4.09. The number of carbonyl (C=O) groups is 3. The van der Waals surface area contributed by atoms with Crippen LogP contribution in [0.3, 0.4) is 0 Å². The highest BCUT2D eigenvalue weighted by atomic mass is 19.1. The molecule has 11 heteroatoms. The van der Waals surface area contributed by atoms with Crippen molar-refractivity contribution in [1.82, 2.24) is 14.9 Å². The molecule has 1 amide bonds. The van der Waals surface area contributed by atoms with Gasteiger partial charge in [-0.2, -0.15) is 0 Å². The quantitative estimate of drug-likeness (QED) is 0.546. The average molecular weight is 445 g/mol. The van der Waals surface area contributed by atoms with Gasteiger partial charge in [-0.15, -0.1) is 0 Å². The van der Waals surface area contributed by atoms with Crippen molar-refractivity contribution in [3.63, 3.8) is 0 Å². The second-order valence-electron chi connectivity index (χ2n) is 7.91. The summed E-state index contributed by atoms with van der Waals surface area (Å²) in [6.45, 7) is 4.22. The van der Waals surface area contributed by atoms with Crippen LogP contribution in [0.2, 0.25) is 0 Å². The molecule has 3 heterocycles. The maximum atomic E-state index is 13.2. The van der Waals surface area contributed by atoms with Crippen LogP contribution in [-0.4, -0.2) is 51.2 Å². The topological polar surface area (TPSA) is 114 Å². The minimum atomic E-state index is -0.796. The lowest BCUT2D eigenvalue weighted by Crippen LogP contribution is -2.48. The van der Waals surface area contributed by atoms with Crippen molar-refractivity contribution in [2.75, 3.05) is 23.7 Å². The van der Waals surface area contributed by atoms with Gasteiger partial charge >= 0.3 is 6.09 Å².